The van der Waals surface area contributed by atoms with Crippen LogP contribution in [-0.2, 0) is 92.5 Å². The van der Waals surface area contributed by atoms with Crippen LogP contribution in [0.15, 0.2) is 388 Å². The second-order valence-corrected chi connectivity index (χ2v) is 31.3. The van der Waals surface area contributed by atoms with Gasteiger partial charge in [-0.1, -0.05) is 254 Å². The first kappa shape index (κ1) is 85.7. The molecule has 0 N–H and O–H groups in total. The van der Waals surface area contributed by atoms with Crippen LogP contribution in [0, 0.1) is 24.7 Å². The molecule has 0 aliphatic heterocycles. The van der Waals surface area contributed by atoms with Crippen molar-refractivity contribution in [2.45, 2.75) is 92.5 Å². The molecule has 14 heteroatoms. The minimum atomic E-state index is -0.0131. The Bertz CT molecular complexity index is 5720. The highest BCUT2D eigenvalue weighted by Gasteiger charge is 2.22. The van der Waals surface area contributed by atoms with E-state index in [-0.39, 0.29) is 39.6 Å². The number of fused-ring (bicyclic) bond motifs is 3. The monoisotopic (exact) mass is 1710 g/mol. The molecule has 0 aromatic heterocycles. The molecule has 0 fully saturated rings. The summed E-state index contributed by atoms with van der Waals surface area (Å²) in [6, 6.07) is 127. The van der Waals surface area contributed by atoms with Gasteiger partial charge in [-0.2, -0.15) is 0 Å². The van der Waals surface area contributed by atoms with Crippen LogP contribution in [-0.4, -0.2) is 0 Å². The number of terminal acetylenes is 2. The lowest BCUT2D eigenvalue weighted by Gasteiger charge is -2.20. The Kier molecular flexibility index (Phi) is 28.7. The molecule has 0 aliphatic rings. The van der Waals surface area contributed by atoms with Gasteiger partial charge in [0.25, 0.3) is 0 Å². The Morgan fingerprint density at radius 1 is 0.138 bits per heavy atom. The van der Waals surface area contributed by atoms with E-state index in [0.29, 0.717) is 166 Å². The van der Waals surface area contributed by atoms with Gasteiger partial charge in [-0.3, -0.25) is 0 Å². The molecular weight excluding hydrogens is 1620 g/mol. The lowest BCUT2D eigenvalue weighted by atomic mass is 9.96. The molecule has 17 rings (SSSR count). The zero-order valence-electron chi connectivity index (χ0n) is 71.7. The highest BCUT2D eigenvalue weighted by atomic mass is 16.5. The van der Waals surface area contributed by atoms with Gasteiger partial charge in [0.2, 0.25) is 0 Å². The molecule has 0 radical (unpaired) electrons. The standard InChI is InChI=1S/C116H94O14/c1-3-83-45-47-111-113(61-83)114-62-84(4-2)46-48-112(114)116(130-82-98-59-109(127-79-95-53-103(121-73-89-37-21-9-22-38-89)65-104(54-95)122-74-90-39-23-10-24-40-90)68-110(60-98)128-80-96-55-105(123-75-91-41-25-11-26-42-91)66-106(56-96)124-76-92-43-27-12-28-44-92)115(111)129-81-97-57-107(125-77-93-49-99(117-69-85-29-13-5-14-30-85)63-100(50-93)118-70-86-31-15-6-16-32-86)67-108(58-97)126-78-94-51-101(119-71-87-33-17-7-18-34-87)64-102(52-94)120-72-88-35-19-8-20-36-88/h1-2,5-68H,69-82H2. The van der Waals surface area contributed by atoms with Gasteiger partial charge < -0.3 is 66.3 Å². The SMILES string of the molecule is C#Cc1ccc2c(OCc3cc(OCc4cc(OCc5ccccc5)cc(OCc5ccccc5)c4)cc(OCc4cc(OCc5ccccc5)cc(OCc5ccccc5)c4)c3)c(OCc3cc(OCc4cc(OCc5ccccc5)cc(OCc5ccccc5)c4)cc(OCc4cc(OCc5ccccc5)cc(OCc5ccccc5)c4)c3)c3ccc(C#C)cc3c2c1. The van der Waals surface area contributed by atoms with Crippen molar-refractivity contribution >= 4 is 21.5 Å². The Balaban J connectivity index is 0.717. The van der Waals surface area contributed by atoms with Crippen molar-refractivity contribution in [1.29, 1.82) is 0 Å². The van der Waals surface area contributed by atoms with Crippen LogP contribution in [0.4, 0.5) is 0 Å². The molecular formula is C116H94O14. The van der Waals surface area contributed by atoms with E-state index in [1.807, 2.05) is 388 Å². The molecule has 0 bridgehead atoms. The van der Waals surface area contributed by atoms with Gasteiger partial charge in [-0.15, -0.1) is 12.8 Å². The second-order valence-electron chi connectivity index (χ2n) is 31.3. The van der Waals surface area contributed by atoms with Crippen molar-refractivity contribution in [2.75, 3.05) is 0 Å². The van der Waals surface area contributed by atoms with Gasteiger partial charge in [0.05, 0.1) is 0 Å². The molecule has 17 aromatic rings. The normalized spacial score (nSPS) is 10.9. The molecule has 0 amide bonds. The van der Waals surface area contributed by atoms with Crippen LogP contribution in [0.25, 0.3) is 21.5 Å². The number of hydrogen-bond acceptors (Lipinski definition) is 14. The summed E-state index contributed by atoms with van der Waals surface area (Å²) in [6.45, 7) is 3.20. The quantitative estimate of drug-likeness (QED) is 0.0266. The maximum atomic E-state index is 7.36. The zero-order valence-corrected chi connectivity index (χ0v) is 71.7. The predicted octanol–water partition coefficient (Wildman–Crippen LogP) is 26.1. The van der Waals surface area contributed by atoms with E-state index < -0.39 is 0 Å². The van der Waals surface area contributed by atoms with E-state index in [2.05, 4.69) is 11.8 Å². The summed E-state index contributed by atoms with van der Waals surface area (Å²) < 4.78 is 94.3. The number of hydrogen-bond donors (Lipinski definition) is 0. The number of rotatable bonds is 42. The fraction of sp³-hybridized carbons (Fsp3) is 0.121. The second kappa shape index (κ2) is 43.5. The highest BCUT2D eigenvalue weighted by Crippen LogP contribution is 2.46. The van der Waals surface area contributed by atoms with E-state index in [1.165, 1.54) is 0 Å². The third-order valence-electron chi connectivity index (χ3n) is 21.4. The van der Waals surface area contributed by atoms with Crippen LogP contribution in [0.3, 0.4) is 0 Å². The third-order valence-corrected chi connectivity index (χ3v) is 21.4. The minimum absolute atomic E-state index is 0.0131. The van der Waals surface area contributed by atoms with E-state index in [9.17, 15) is 0 Å². The van der Waals surface area contributed by atoms with Gasteiger partial charge in [-0.05, 0) is 198 Å². The summed E-state index contributed by atoms with van der Waals surface area (Å²) >= 11 is 0. The molecule has 0 saturated carbocycles. The first-order chi connectivity index (χ1) is 64.2. The molecule has 130 heavy (non-hydrogen) atoms. The Hall–Kier alpha value is -16.4. The molecule has 0 unspecified atom stereocenters. The minimum Gasteiger partial charge on any atom is -0.489 e. The van der Waals surface area contributed by atoms with Gasteiger partial charge in [0, 0.05) is 58.3 Å². The van der Waals surface area contributed by atoms with Crippen molar-refractivity contribution in [3.05, 3.63) is 477 Å². The van der Waals surface area contributed by atoms with E-state index in [0.717, 1.165) is 77.5 Å². The molecule has 0 heterocycles. The van der Waals surface area contributed by atoms with Crippen LogP contribution in [0.1, 0.15) is 89.0 Å². The molecule has 642 valence electrons. The molecule has 0 saturated heterocycles. The van der Waals surface area contributed by atoms with Gasteiger partial charge in [0.15, 0.2) is 11.5 Å². The lowest BCUT2D eigenvalue weighted by molar-refractivity contribution is 0.255. The maximum absolute atomic E-state index is 7.36. The fourth-order valence-electron chi connectivity index (χ4n) is 14.8. The van der Waals surface area contributed by atoms with Crippen molar-refractivity contribution in [3.8, 4) is 105 Å². The smallest absolute Gasteiger partial charge is 0.170 e. The van der Waals surface area contributed by atoms with Crippen molar-refractivity contribution in [2.24, 2.45) is 0 Å². The summed E-state index contributed by atoms with van der Waals surface area (Å²) in [7, 11) is 0. The summed E-state index contributed by atoms with van der Waals surface area (Å²) in [5.74, 6) is 13.5. The lowest BCUT2D eigenvalue weighted by Crippen LogP contribution is -2.05. The maximum Gasteiger partial charge on any atom is 0.170 e. The van der Waals surface area contributed by atoms with Crippen molar-refractivity contribution in [1.82, 2.24) is 0 Å². The summed E-state index contributed by atoms with van der Waals surface area (Å²) in [6.07, 6.45) is 12.5. The summed E-state index contributed by atoms with van der Waals surface area (Å²) in [5.41, 5.74) is 14.1. The Morgan fingerprint density at radius 2 is 0.285 bits per heavy atom. The first-order valence-corrected chi connectivity index (χ1v) is 43.1. The third kappa shape index (κ3) is 24.6. The van der Waals surface area contributed by atoms with E-state index in [1.54, 1.807) is 0 Å². The fourth-order valence-corrected chi connectivity index (χ4v) is 14.8. The Morgan fingerprint density at radius 3 is 0.438 bits per heavy atom. The summed E-state index contributed by atoms with van der Waals surface area (Å²) in [5, 5.41) is 3.02. The van der Waals surface area contributed by atoms with Crippen LogP contribution < -0.4 is 66.3 Å². The molecule has 0 aliphatic carbocycles. The van der Waals surface area contributed by atoms with E-state index >= 15 is 0 Å². The van der Waals surface area contributed by atoms with Gasteiger partial charge >= 0.3 is 0 Å². The van der Waals surface area contributed by atoms with Crippen molar-refractivity contribution < 1.29 is 66.3 Å². The van der Waals surface area contributed by atoms with Crippen LogP contribution >= 0.6 is 0 Å². The largest absolute Gasteiger partial charge is 0.489 e. The average Bonchev–Trinajstić information content (AvgIpc) is 0.743. The molecule has 0 spiro atoms. The van der Waals surface area contributed by atoms with Crippen LogP contribution in [0.5, 0.6) is 80.5 Å². The van der Waals surface area contributed by atoms with Gasteiger partial charge in [-0.25, -0.2) is 0 Å². The van der Waals surface area contributed by atoms with Gasteiger partial charge in [0.1, 0.15) is 161 Å². The highest BCUT2D eigenvalue weighted by molar-refractivity contribution is 6.14. The Labute approximate surface area is 758 Å². The first-order valence-electron chi connectivity index (χ1n) is 43.1. The average molecular weight is 1710 g/mol. The summed E-state index contributed by atoms with van der Waals surface area (Å²) in [4.78, 5) is 0. The number of ether oxygens (including phenoxy) is 14. The zero-order chi connectivity index (χ0) is 88.1. The topological polar surface area (TPSA) is 129 Å². The van der Waals surface area contributed by atoms with Crippen LogP contribution in [0.2, 0.25) is 0 Å². The predicted molar refractivity (Wildman–Crippen MR) is 508 cm³/mol. The molecule has 14 nitrogen and oxygen atoms in total. The molecule has 0 atom stereocenters. The number of benzene rings is 17. The van der Waals surface area contributed by atoms with E-state index in [4.69, 9.17) is 79.2 Å². The molecule has 17 aromatic carbocycles. The van der Waals surface area contributed by atoms with Crippen molar-refractivity contribution in [3.63, 3.8) is 0 Å².